The summed E-state index contributed by atoms with van der Waals surface area (Å²) in [5, 5.41) is -1.40. The van der Waals surface area contributed by atoms with E-state index in [-0.39, 0.29) is 78.6 Å². The Bertz CT molecular complexity index is 3640. The molecule has 2 heterocycles. The second kappa shape index (κ2) is 9.86. The Balaban J connectivity index is 1.44. The van der Waals surface area contributed by atoms with Gasteiger partial charge in [-0.25, -0.2) is 0 Å². The van der Waals surface area contributed by atoms with Gasteiger partial charge in [-0.3, -0.25) is 0 Å². The van der Waals surface area contributed by atoms with Gasteiger partial charge in [0.1, 0.15) is 0 Å². The molecule has 0 amide bonds. The topological polar surface area (TPSA) is 9.86 Å². The monoisotopic (exact) mass is 582 g/mol. The first kappa shape index (κ1) is 11.3. The Hall–Kier alpha value is -5.86. The quantitative estimate of drug-likeness (QED) is 0.195. The zero-order chi connectivity index (χ0) is 48.2. The molecule has 0 aliphatic carbocycles. The number of aromatic nitrogens is 2. The van der Waals surface area contributed by atoms with Gasteiger partial charge in [-0.15, -0.1) is 0 Å². The smallest absolute Gasteiger partial charge is 0.0652 e. The Morgan fingerprint density at radius 2 is 0.932 bits per heavy atom. The lowest BCUT2D eigenvalue weighted by Crippen LogP contribution is -1.96. The minimum Gasteiger partial charge on any atom is -0.309 e. The van der Waals surface area contributed by atoms with E-state index in [0.29, 0.717) is 0 Å². The zero-order valence-electron chi connectivity index (χ0n) is 44.4. The molecule has 2 nitrogen and oxygen atoms in total. The molecule has 0 atom stereocenters. The molecule has 2 aromatic heterocycles. The number of fused-ring (bicyclic) bond motifs is 6. The minimum atomic E-state index is -0.811. The van der Waals surface area contributed by atoms with Crippen molar-refractivity contribution in [2.75, 3.05) is 0 Å². The van der Waals surface area contributed by atoms with Crippen LogP contribution in [0.1, 0.15) is 30.2 Å². The minimum absolute atomic E-state index is 0.000395. The average molecular weight is 583 g/mol. The molecule has 0 fully saturated rings. The van der Waals surface area contributed by atoms with Crippen LogP contribution in [0.2, 0.25) is 0 Å². The Morgan fingerprint density at radius 1 is 0.364 bits per heavy atom. The van der Waals surface area contributed by atoms with Crippen LogP contribution in [0, 0.1) is 0 Å². The molecule has 44 heavy (non-hydrogen) atoms. The van der Waals surface area contributed by atoms with Gasteiger partial charge in [-0.2, -0.15) is 0 Å². The van der Waals surface area contributed by atoms with Crippen LogP contribution in [-0.4, -0.2) is 9.13 Å². The molecule has 0 N–H and O–H groups in total. The summed E-state index contributed by atoms with van der Waals surface area (Å²) in [6.07, 6.45) is 0. The van der Waals surface area contributed by atoms with Crippen LogP contribution in [0.3, 0.4) is 0 Å². The lowest BCUT2D eigenvalue weighted by molar-refractivity contribution is 1.17. The molecular weight excluding hydrogens is 532 g/mol. The largest absolute Gasteiger partial charge is 0.309 e. The molecule has 2 heteroatoms. The van der Waals surface area contributed by atoms with Crippen molar-refractivity contribution in [1.82, 2.24) is 9.13 Å². The Kier molecular flexibility index (Phi) is 2.54. The molecule has 0 saturated carbocycles. The highest BCUT2D eigenvalue weighted by molar-refractivity contribution is 6.12. The van der Waals surface area contributed by atoms with E-state index in [1.807, 2.05) is 0 Å². The summed E-state index contributed by atoms with van der Waals surface area (Å²) in [7, 11) is 0. The fourth-order valence-electron chi connectivity index (χ4n) is 5.39. The molecule has 0 aliphatic heterocycles. The van der Waals surface area contributed by atoms with Gasteiger partial charge < -0.3 is 9.13 Å². The van der Waals surface area contributed by atoms with Crippen LogP contribution in [0.5, 0.6) is 0 Å². The van der Waals surface area contributed by atoms with Crippen LogP contribution in [0.4, 0.5) is 0 Å². The van der Waals surface area contributed by atoms with E-state index in [9.17, 15) is 5.48 Å². The van der Waals surface area contributed by atoms with Crippen molar-refractivity contribution < 1.29 is 30.2 Å². The van der Waals surface area contributed by atoms with Crippen molar-refractivity contribution in [2.45, 2.75) is 0 Å². The molecule has 9 aromatic rings. The summed E-state index contributed by atoms with van der Waals surface area (Å²) in [6.45, 7) is 0. The van der Waals surface area contributed by atoms with Crippen molar-refractivity contribution in [3.8, 4) is 33.6 Å². The van der Waals surface area contributed by atoms with Gasteiger partial charge in [0.15, 0.2) is 0 Å². The number of hydrogen-bond acceptors (Lipinski definition) is 0. The maximum absolute atomic E-state index is 9.82. The standard InChI is InChI=1S/C42H28N2/c1-2-12-29(13-3-1)30-14-10-15-31(26-30)32-16-11-17-33(27-32)43-41-23-9-6-20-37(41)38-28-34(24-25-42(38)43)44-39-21-7-4-18-35(39)36-19-5-8-22-40(36)44/h1-28H/i1D,4D,5D,6D,7D,8D,9D,10D,12D,13D,14D,15D,18D,19D,20D,21D,22D,23D,24D,25D,26D,28D. The summed E-state index contributed by atoms with van der Waals surface area (Å²) in [5.41, 5.74) is -2.87. The number of hydrogen-bond donors (Lipinski definition) is 0. The third-order valence-electron chi connectivity index (χ3n) is 7.27. The van der Waals surface area contributed by atoms with E-state index in [2.05, 4.69) is 0 Å². The van der Waals surface area contributed by atoms with E-state index in [4.69, 9.17) is 24.7 Å². The van der Waals surface area contributed by atoms with E-state index >= 15 is 0 Å². The predicted molar refractivity (Wildman–Crippen MR) is 186 cm³/mol. The van der Waals surface area contributed by atoms with Gasteiger partial charge >= 0.3 is 0 Å². The molecule has 206 valence electrons. The first-order valence-corrected chi connectivity index (χ1v) is 13.3. The fraction of sp³-hybridized carbons (Fsp3) is 0. The zero-order valence-corrected chi connectivity index (χ0v) is 22.4. The van der Waals surface area contributed by atoms with Crippen molar-refractivity contribution in [3.63, 3.8) is 0 Å². The number of benzene rings is 7. The van der Waals surface area contributed by atoms with E-state index in [0.717, 1.165) is 16.7 Å². The van der Waals surface area contributed by atoms with E-state index in [1.54, 1.807) is 0 Å². The van der Waals surface area contributed by atoms with Crippen molar-refractivity contribution in [1.29, 1.82) is 0 Å². The van der Waals surface area contributed by atoms with Crippen LogP contribution in [0.25, 0.3) is 77.2 Å². The predicted octanol–water partition coefficient (Wildman–Crippen LogP) is 11.2. The highest BCUT2D eigenvalue weighted by atomic mass is 15.0. The fourth-order valence-corrected chi connectivity index (χ4v) is 5.39. The van der Waals surface area contributed by atoms with Crippen molar-refractivity contribution in [3.05, 3.63) is 169 Å². The van der Waals surface area contributed by atoms with Gasteiger partial charge in [-0.1, -0.05) is 115 Å². The van der Waals surface area contributed by atoms with Crippen LogP contribution >= 0.6 is 0 Å². The van der Waals surface area contributed by atoms with Crippen molar-refractivity contribution >= 4 is 43.6 Å². The van der Waals surface area contributed by atoms with Crippen molar-refractivity contribution in [2.24, 2.45) is 0 Å². The number of nitrogens with zero attached hydrogens (tertiary/aromatic N) is 2. The van der Waals surface area contributed by atoms with Gasteiger partial charge in [-0.05, 0) is 76.7 Å². The SMILES string of the molecule is [2H]c1cc([2H])c(-c2c([2H])c([2H])c([2H])c(-c3cccc(-n4c5c([2H])c([2H])c([2H])c([2H])c5c5c([2H])c(-n6c7c([2H])c([2H])c([2H])c([2H])c7c7c([2H])c([2H])c([2H])c([2H])c76)c([2H])c([2H])c54)c3)c2[2H])c([2H])c1. The highest BCUT2D eigenvalue weighted by Gasteiger charge is 2.16. The first-order valence-electron chi connectivity index (χ1n) is 24.3. The lowest BCUT2D eigenvalue weighted by atomic mass is 9.99. The van der Waals surface area contributed by atoms with Crippen LogP contribution in [0.15, 0.2) is 169 Å². The molecule has 0 bridgehead atoms. The molecule has 0 aliphatic rings. The molecule has 0 spiro atoms. The third kappa shape index (κ3) is 3.82. The van der Waals surface area contributed by atoms with Gasteiger partial charge in [0.2, 0.25) is 0 Å². The van der Waals surface area contributed by atoms with Gasteiger partial charge in [0, 0.05) is 32.9 Å². The maximum atomic E-state index is 9.82. The third-order valence-corrected chi connectivity index (χ3v) is 7.27. The van der Waals surface area contributed by atoms with Gasteiger partial charge in [0.05, 0.1) is 52.2 Å². The van der Waals surface area contributed by atoms with E-state index < -0.39 is 132 Å². The van der Waals surface area contributed by atoms with Gasteiger partial charge in [0.25, 0.3) is 0 Å². The summed E-state index contributed by atoms with van der Waals surface area (Å²) in [5.74, 6) is 0. The van der Waals surface area contributed by atoms with Crippen LogP contribution < -0.4 is 0 Å². The molecule has 0 saturated heterocycles. The molecular formula is C42H28N2. The van der Waals surface area contributed by atoms with Crippen LogP contribution in [-0.2, 0) is 0 Å². The summed E-state index contributed by atoms with van der Waals surface area (Å²) >= 11 is 0. The Morgan fingerprint density at radius 3 is 1.61 bits per heavy atom. The second-order valence-electron chi connectivity index (χ2n) is 9.71. The second-order valence-corrected chi connectivity index (χ2v) is 9.71. The highest BCUT2D eigenvalue weighted by Crippen LogP contribution is 2.37. The molecule has 0 radical (unpaired) electrons. The summed E-state index contributed by atoms with van der Waals surface area (Å²) in [4.78, 5) is 0. The summed E-state index contributed by atoms with van der Waals surface area (Å²) < 4.78 is 197. The molecule has 7 aromatic carbocycles. The lowest BCUT2D eigenvalue weighted by Gasteiger charge is -2.12. The molecule has 0 unspecified atom stereocenters. The maximum Gasteiger partial charge on any atom is 0.0652 e. The van der Waals surface area contributed by atoms with E-state index in [1.165, 1.54) is 28.8 Å². The number of rotatable bonds is 4. The average Bonchev–Trinajstić information content (AvgIpc) is 3.82. The first-order chi connectivity index (χ1) is 31.0. The molecule has 9 rings (SSSR count). The normalized spacial score (nSPS) is 18.6. The Labute approximate surface area is 286 Å². The number of para-hydroxylation sites is 3. The summed E-state index contributed by atoms with van der Waals surface area (Å²) in [6, 6.07) is -6.31.